The fraction of sp³-hybridized carbons (Fsp3) is 0.273. The predicted molar refractivity (Wildman–Crippen MR) is 62.2 cm³/mol. The summed E-state index contributed by atoms with van der Waals surface area (Å²) >= 11 is 0.179. The van der Waals surface area contributed by atoms with Crippen molar-refractivity contribution in [3.05, 3.63) is 52.6 Å². The Morgan fingerprint density at radius 1 is 1.47 bits per heavy atom. The van der Waals surface area contributed by atoms with E-state index >= 15 is 0 Å². The molecule has 0 radical (unpaired) electrons. The van der Waals surface area contributed by atoms with Crippen LogP contribution in [0, 0.1) is 10.1 Å². The van der Waals surface area contributed by atoms with Gasteiger partial charge in [-0.3, -0.25) is 0 Å². The van der Waals surface area contributed by atoms with Gasteiger partial charge in [-0.25, -0.2) is 0 Å². The zero-order valence-corrected chi connectivity index (χ0v) is 10.2. The summed E-state index contributed by atoms with van der Waals surface area (Å²) in [5.74, 6) is 0. The van der Waals surface area contributed by atoms with E-state index in [2.05, 4.69) is 0 Å². The Kier molecular flexibility index (Phi) is 5.08. The van der Waals surface area contributed by atoms with Gasteiger partial charge in [0.2, 0.25) is 0 Å². The Morgan fingerprint density at radius 3 is 2.67 bits per heavy atom. The fourth-order valence-corrected chi connectivity index (χ4v) is 3.09. The van der Waals surface area contributed by atoms with Gasteiger partial charge in [-0.15, -0.1) is 0 Å². The van der Waals surface area contributed by atoms with Crippen molar-refractivity contribution in [1.29, 1.82) is 0 Å². The van der Waals surface area contributed by atoms with Gasteiger partial charge in [0.1, 0.15) is 0 Å². The van der Waals surface area contributed by atoms with Crippen LogP contribution in [0.5, 0.6) is 0 Å². The van der Waals surface area contributed by atoms with Crippen LogP contribution in [0.25, 0.3) is 0 Å². The number of allylic oxidation sites excluding steroid dienone is 1. The quantitative estimate of drug-likeness (QED) is 0.353. The number of rotatable bonds is 5. The summed E-state index contributed by atoms with van der Waals surface area (Å²) in [7, 11) is 0. The van der Waals surface area contributed by atoms with Gasteiger partial charge in [0.15, 0.2) is 0 Å². The predicted octanol–water partition coefficient (Wildman–Crippen LogP) is 1.66. The van der Waals surface area contributed by atoms with E-state index in [-0.39, 0.29) is 19.9 Å². The number of hydrogen-bond acceptors (Lipinski definition) is 2. The summed E-state index contributed by atoms with van der Waals surface area (Å²) in [6.07, 6.45) is 3.40. The van der Waals surface area contributed by atoms with Gasteiger partial charge in [0.25, 0.3) is 0 Å². The molecule has 0 spiro atoms. The molecule has 0 aliphatic heterocycles. The first-order valence-electron chi connectivity index (χ1n) is 4.68. The van der Waals surface area contributed by atoms with Gasteiger partial charge in [-0.1, -0.05) is 0 Å². The summed E-state index contributed by atoms with van der Waals surface area (Å²) in [5, 5.41) is 11.3. The van der Waals surface area contributed by atoms with E-state index in [0.29, 0.717) is 5.32 Å². The van der Waals surface area contributed by atoms with Crippen LogP contribution in [-0.4, -0.2) is 25.9 Å². The molecule has 0 heterocycles. The molecule has 1 unspecified atom stereocenters. The van der Waals surface area contributed by atoms with Crippen molar-refractivity contribution in [2.24, 2.45) is 0 Å². The van der Waals surface area contributed by atoms with Gasteiger partial charge >= 0.3 is 95.2 Å². The van der Waals surface area contributed by atoms with Crippen LogP contribution in [0.3, 0.4) is 0 Å². The normalized spacial score (nSPS) is 12.9. The molecule has 0 N–H and O–H groups in total. The van der Waals surface area contributed by atoms with Crippen LogP contribution >= 0.6 is 0 Å². The monoisotopic (exact) mass is 271 g/mol. The van der Waals surface area contributed by atoms with E-state index in [0.717, 1.165) is 0 Å². The average Bonchev–Trinajstić information content (AvgIpc) is 2.25. The van der Waals surface area contributed by atoms with Gasteiger partial charge in [0, 0.05) is 0 Å². The van der Waals surface area contributed by atoms with Crippen molar-refractivity contribution in [2.45, 2.75) is 18.3 Å². The van der Waals surface area contributed by atoms with E-state index in [1.54, 1.807) is 12.2 Å². The van der Waals surface area contributed by atoms with E-state index in [9.17, 15) is 10.1 Å². The first-order valence-corrected chi connectivity index (χ1v) is 6.75. The van der Waals surface area contributed by atoms with Crippen molar-refractivity contribution in [1.82, 2.24) is 0 Å². The number of nitro groups is 1. The van der Waals surface area contributed by atoms with Crippen molar-refractivity contribution in [3.63, 3.8) is 0 Å². The second-order valence-corrected chi connectivity index (χ2v) is 5.30. The summed E-state index contributed by atoms with van der Waals surface area (Å²) < 4.78 is 1.21. The molecule has 0 fully saturated rings. The van der Waals surface area contributed by atoms with Crippen LogP contribution in [0.15, 0.2) is 42.5 Å². The third-order valence-electron chi connectivity index (χ3n) is 1.85. The van der Waals surface area contributed by atoms with E-state index < -0.39 is 6.04 Å². The van der Waals surface area contributed by atoms with Crippen LogP contribution in [0.4, 0.5) is 0 Å². The summed E-state index contributed by atoms with van der Waals surface area (Å²) in [6, 6.07) is 9.40. The molecular formula is C11H13NO2Se. The summed E-state index contributed by atoms with van der Waals surface area (Å²) in [5.41, 5.74) is 0. The van der Waals surface area contributed by atoms with Crippen LogP contribution in [-0.2, 0) is 0 Å². The van der Waals surface area contributed by atoms with Gasteiger partial charge in [-0.05, 0) is 0 Å². The van der Waals surface area contributed by atoms with Crippen molar-refractivity contribution >= 4 is 19.4 Å². The Balaban J connectivity index is 2.51. The van der Waals surface area contributed by atoms with Gasteiger partial charge < -0.3 is 0 Å². The molecule has 0 saturated heterocycles. The topological polar surface area (TPSA) is 43.1 Å². The molecule has 1 aromatic carbocycles. The molecule has 15 heavy (non-hydrogen) atoms. The molecule has 4 heteroatoms. The molecular weight excluding hydrogens is 257 g/mol. The molecule has 0 saturated carbocycles. The minimum atomic E-state index is -0.532. The van der Waals surface area contributed by atoms with Crippen LogP contribution in [0.1, 0.15) is 6.92 Å². The van der Waals surface area contributed by atoms with E-state index in [1.165, 1.54) is 4.46 Å². The Hall–Kier alpha value is -1.12. The number of nitrogens with zero attached hydrogens (tertiary/aromatic N) is 1. The minimum absolute atomic E-state index is 0.179. The Morgan fingerprint density at radius 2 is 2.13 bits per heavy atom. The molecule has 1 aromatic rings. The first-order chi connectivity index (χ1) is 7.24. The Labute approximate surface area is 95.5 Å². The second kappa shape index (κ2) is 6.38. The van der Waals surface area contributed by atoms with Gasteiger partial charge in [-0.2, -0.15) is 0 Å². The van der Waals surface area contributed by atoms with E-state index in [1.807, 2.05) is 37.3 Å². The summed E-state index contributed by atoms with van der Waals surface area (Å²) in [6.45, 7) is 1.81. The molecule has 0 aromatic heterocycles. The maximum absolute atomic E-state index is 10.7. The standard InChI is InChI=1S/C11H13NO2Se/c1-2-6-10(12(13)14)9-15-11-7-4-3-5-8-11/h2-8,10H,9H2,1H3/b6-2+. The molecule has 0 amide bonds. The second-order valence-electron chi connectivity index (χ2n) is 3.00. The first kappa shape index (κ1) is 12.0. The number of benzene rings is 1. The van der Waals surface area contributed by atoms with E-state index in [4.69, 9.17) is 0 Å². The number of hydrogen-bond donors (Lipinski definition) is 0. The zero-order valence-electron chi connectivity index (χ0n) is 8.50. The molecule has 0 aliphatic carbocycles. The SMILES string of the molecule is C/C=C/C(C[Se]c1ccccc1)[N+](=O)[O-]. The third-order valence-corrected chi connectivity index (χ3v) is 4.19. The molecule has 3 nitrogen and oxygen atoms in total. The third kappa shape index (κ3) is 4.28. The zero-order chi connectivity index (χ0) is 11.1. The average molecular weight is 270 g/mol. The molecule has 80 valence electrons. The van der Waals surface area contributed by atoms with Crippen molar-refractivity contribution < 1.29 is 4.92 Å². The molecule has 0 bridgehead atoms. The van der Waals surface area contributed by atoms with Crippen molar-refractivity contribution in [2.75, 3.05) is 0 Å². The van der Waals surface area contributed by atoms with Gasteiger partial charge in [0.05, 0.1) is 0 Å². The molecule has 0 aliphatic rings. The van der Waals surface area contributed by atoms with Crippen LogP contribution in [0.2, 0.25) is 5.32 Å². The molecule has 1 atom stereocenters. The fourth-order valence-electron chi connectivity index (χ4n) is 1.11. The molecule has 1 rings (SSSR count). The summed E-state index contributed by atoms with van der Waals surface area (Å²) in [4.78, 5) is 10.5. The van der Waals surface area contributed by atoms with Crippen LogP contribution < -0.4 is 4.46 Å². The Bertz CT molecular complexity index is 338. The maximum atomic E-state index is 10.7. The van der Waals surface area contributed by atoms with Crippen molar-refractivity contribution in [3.8, 4) is 0 Å².